The fourth-order valence-electron chi connectivity index (χ4n) is 3.80. The van der Waals surface area contributed by atoms with Crippen LogP contribution in [0.5, 0.6) is 5.88 Å². The standard InChI is InChI=1S/C20H14N4O/c21-11-14(19-22-15-8-1-2-9-16(15)23-19)17-13-7-3-5-12-6-4-10-24(18(12)13)20(17)25/h1-3,5,7-9,25H,4,6,10H2. The molecule has 5 heteroatoms. The Labute approximate surface area is 143 Å². The molecule has 0 radical (unpaired) electrons. The molecule has 5 rings (SSSR count). The molecule has 0 unspecified atom stereocenters. The molecule has 2 aromatic carbocycles. The first-order chi connectivity index (χ1) is 12.3. The van der Waals surface area contributed by atoms with Gasteiger partial charge < -0.3 is 9.67 Å². The molecule has 0 saturated heterocycles. The van der Waals surface area contributed by atoms with Crippen LogP contribution in [0.4, 0.5) is 0 Å². The molecule has 0 spiro atoms. The number of nitriles is 1. The van der Waals surface area contributed by atoms with E-state index in [2.05, 4.69) is 22.1 Å². The van der Waals surface area contributed by atoms with E-state index in [1.165, 1.54) is 5.56 Å². The second-order valence-corrected chi connectivity index (χ2v) is 6.29. The number of aryl methyl sites for hydroxylation is 2. The summed E-state index contributed by atoms with van der Waals surface area (Å²) in [5.74, 6) is 0.496. The van der Waals surface area contributed by atoms with Crippen LogP contribution in [0, 0.1) is 11.3 Å². The molecule has 0 bridgehead atoms. The van der Waals surface area contributed by atoms with Crippen molar-refractivity contribution in [2.24, 2.45) is 9.98 Å². The summed E-state index contributed by atoms with van der Waals surface area (Å²) in [5.41, 5.74) is 3.08. The highest BCUT2D eigenvalue weighted by atomic mass is 16.3. The summed E-state index contributed by atoms with van der Waals surface area (Å²) >= 11 is 0. The monoisotopic (exact) mass is 326 g/mol. The minimum absolute atomic E-state index is 0.132. The van der Waals surface area contributed by atoms with Gasteiger partial charge in [0, 0.05) is 11.9 Å². The quantitative estimate of drug-likeness (QED) is 0.698. The number of para-hydroxylation sites is 3. The molecule has 0 aliphatic carbocycles. The van der Waals surface area contributed by atoms with Crippen molar-refractivity contribution in [1.82, 2.24) is 4.57 Å². The second-order valence-electron chi connectivity index (χ2n) is 6.29. The lowest BCUT2D eigenvalue weighted by Crippen LogP contribution is -2.19. The number of hydrogen-bond acceptors (Lipinski definition) is 4. The summed E-state index contributed by atoms with van der Waals surface area (Å²) in [6, 6.07) is 15.8. The Balaban J connectivity index is 1.87. The molecule has 0 fully saturated rings. The molecule has 25 heavy (non-hydrogen) atoms. The SMILES string of the molecule is N#CC(=C1N=c2ccccc2=N1)c1c(O)n2c3c(cccc13)CCC2. The van der Waals surface area contributed by atoms with Gasteiger partial charge in [-0.1, -0.05) is 30.3 Å². The topological polar surface area (TPSA) is 73.7 Å². The normalized spacial score (nSPS) is 14.6. The number of hydrogen-bond donors (Lipinski definition) is 1. The maximum absolute atomic E-state index is 10.8. The molecule has 2 aliphatic rings. The van der Waals surface area contributed by atoms with Crippen molar-refractivity contribution in [1.29, 1.82) is 5.26 Å². The molecule has 120 valence electrons. The summed E-state index contributed by atoms with van der Waals surface area (Å²) in [6.45, 7) is 0.752. The van der Waals surface area contributed by atoms with Gasteiger partial charge in [-0.15, -0.1) is 0 Å². The fraction of sp³-hybridized carbons (Fsp3) is 0.150. The second kappa shape index (κ2) is 5.05. The Morgan fingerprint density at radius 1 is 1.08 bits per heavy atom. The van der Waals surface area contributed by atoms with Crippen molar-refractivity contribution in [2.75, 3.05) is 0 Å². The maximum Gasteiger partial charge on any atom is 0.201 e. The summed E-state index contributed by atoms with van der Waals surface area (Å²) in [7, 11) is 0. The Morgan fingerprint density at radius 2 is 1.84 bits per heavy atom. The third kappa shape index (κ3) is 1.88. The third-order valence-electron chi connectivity index (χ3n) is 4.89. The number of nitrogens with zero attached hydrogens (tertiary/aromatic N) is 4. The van der Waals surface area contributed by atoms with Gasteiger partial charge in [0.2, 0.25) is 5.88 Å². The number of fused-ring (bicyclic) bond motifs is 1. The number of allylic oxidation sites excluding steroid dienone is 1. The molecule has 0 amide bonds. The number of benzene rings is 2. The van der Waals surface area contributed by atoms with Gasteiger partial charge in [-0.25, -0.2) is 9.98 Å². The highest BCUT2D eigenvalue weighted by Gasteiger charge is 2.26. The van der Waals surface area contributed by atoms with Gasteiger partial charge in [-0.05, 0) is 30.5 Å². The first-order valence-corrected chi connectivity index (χ1v) is 8.28. The molecule has 1 N–H and O–H groups in total. The van der Waals surface area contributed by atoms with Crippen LogP contribution in [-0.2, 0) is 13.0 Å². The van der Waals surface area contributed by atoms with Gasteiger partial charge in [0.15, 0.2) is 5.82 Å². The van der Waals surface area contributed by atoms with E-state index in [4.69, 9.17) is 0 Å². The Bertz CT molecular complexity index is 1200. The van der Waals surface area contributed by atoms with Gasteiger partial charge in [0.25, 0.3) is 0 Å². The minimum Gasteiger partial charge on any atom is -0.494 e. The van der Waals surface area contributed by atoms with Crippen molar-refractivity contribution < 1.29 is 5.11 Å². The molecule has 3 aromatic rings. The van der Waals surface area contributed by atoms with Crippen LogP contribution in [0.3, 0.4) is 0 Å². The van der Waals surface area contributed by atoms with Crippen molar-refractivity contribution in [2.45, 2.75) is 19.4 Å². The van der Waals surface area contributed by atoms with E-state index in [1.54, 1.807) is 0 Å². The fourth-order valence-corrected chi connectivity index (χ4v) is 3.80. The largest absolute Gasteiger partial charge is 0.494 e. The molecule has 3 heterocycles. The van der Waals surface area contributed by atoms with Crippen LogP contribution in [0.25, 0.3) is 16.5 Å². The van der Waals surface area contributed by atoms with E-state index in [9.17, 15) is 10.4 Å². The van der Waals surface area contributed by atoms with Gasteiger partial charge in [0.05, 0.1) is 21.8 Å². The molecule has 0 saturated carbocycles. The molecule has 5 nitrogen and oxygen atoms in total. The van der Waals surface area contributed by atoms with Gasteiger partial charge >= 0.3 is 0 Å². The predicted molar refractivity (Wildman–Crippen MR) is 93.2 cm³/mol. The number of aromatic hydroxyl groups is 1. The zero-order valence-electron chi connectivity index (χ0n) is 13.4. The van der Waals surface area contributed by atoms with Crippen LogP contribution in [-0.4, -0.2) is 9.67 Å². The first kappa shape index (κ1) is 14.0. The van der Waals surface area contributed by atoms with E-state index in [1.807, 2.05) is 41.0 Å². The highest BCUT2D eigenvalue weighted by molar-refractivity contribution is 6.01. The minimum atomic E-state index is 0.132. The van der Waals surface area contributed by atoms with Crippen LogP contribution in [0.1, 0.15) is 17.5 Å². The molecule has 0 atom stereocenters. The van der Waals surface area contributed by atoms with Gasteiger partial charge in [-0.3, -0.25) is 0 Å². The lowest BCUT2D eigenvalue weighted by atomic mass is 10.0. The van der Waals surface area contributed by atoms with Gasteiger partial charge in [-0.2, -0.15) is 5.26 Å². The molecular formula is C20H14N4O. The van der Waals surface area contributed by atoms with E-state index in [0.29, 0.717) is 17.0 Å². The molecule has 2 aliphatic heterocycles. The van der Waals surface area contributed by atoms with Gasteiger partial charge in [0.1, 0.15) is 11.6 Å². The predicted octanol–water partition coefficient (Wildman–Crippen LogP) is 2.44. The summed E-state index contributed by atoms with van der Waals surface area (Å²) < 4.78 is 1.91. The zero-order valence-corrected chi connectivity index (χ0v) is 13.4. The van der Waals surface area contributed by atoms with Crippen molar-refractivity contribution >= 4 is 16.5 Å². The average Bonchev–Trinajstić information content (AvgIpc) is 3.19. The number of rotatable bonds is 1. The van der Waals surface area contributed by atoms with Crippen molar-refractivity contribution in [3.8, 4) is 11.9 Å². The lowest BCUT2D eigenvalue weighted by Gasteiger charge is -2.15. The first-order valence-electron chi connectivity index (χ1n) is 8.28. The van der Waals surface area contributed by atoms with Crippen molar-refractivity contribution in [3.05, 3.63) is 70.1 Å². The third-order valence-corrected chi connectivity index (χ3v) is 4.89. The summed E-state index contributed by atoms with van der Waals surface area (Å²) in [5, 5.41) is 23.1. The molecular weight excluding hydrogens is 312 g/mol. The van der Waals surface area contributed by atoms with E-state index in [0.717, 1.165) is 41.0 Å². The maximum atomic E-state index is 10.8. The number of aromatic nitrogens is 1. The summed E-state index contributed by atoms with van der Waals surface area (Å²) in [4.78, 5) is 8.98. The lowest BCUT2D eigenvalue weighted by molar-refractivity contribution is 0.413. The average molecular weight is 326 g/mol. The zero-order chi connectivity index (χ0) is 17.0. The van der Waals surface area contributed by atoms with Crippen LogP contribution in [0.2, 0.25) is 0 Å². The smallest absolute Gasteiger partial charge is 0.201 e. The van der Waals surface area contributed by atoms with Crippen LogP contribution < -0.4 is 10.7 Å². The Morgan fingerprint density at radius 3 is 2.56 bits per heavy atom. The molecule has 1 aromatic heterocycles. The van der Waals surface area contributed by atoms with Crippen LogP contribution in [0.15, 0.2) is 58.3 Å². The van der Waals surface area contributed by atoms with E-state index < -0.39 is 0 Å². The van der Waals surface area contributed by atoms with Crippen molar-refractivity contribution in [3.63, 3.8) is 0 Å². The van der Waals surface area contributed by atoms with Crippen LogP contribution >= 0.6 is 0 Å². The van der Waals surface area contributed by atoms with E-state index >= 15 is 0 Å². The Hall–Kier alpha value is -3.39. The Kier molecular flexibility index (Phi) is 2.83. The highest BCUT2D eigenvalue weighted by Crippen LogP contribution is 2.41. The van der Waals surface area contributed by atoms with E-state index in [-0.39, 0.29) is 5.88 Å². The summed E-state index contributed by atoms with van der Waals surface area (Å²) in [6.07, 6.45) is 1.96.